The summed E-state index contributed by atoms with van der Waals surface area (Å²) < 4.78 is 0.616. The van der Waals surface area contributed by atoms with E-state index >= 15 is 0 Å². The average Bonchev–Trinajstić information content (AvgIpc) is 2.10. The van der Waals surface area contributed by atoms with Gasteiger partial charge < -0.3 is 15.5 Å². The zero-order valence-corrected chi connectivity index (χ0v) is 8.91. The summed E-state index contributed by atoms with van der Waals surface area (Å²) in [5, 5.41) is 19.8. The molecule has 1 aromatic carbocycles. The molecule has 0 aliphatic heterocycles. The molecule has 0 unspecified atom stereocenters. The van der Waals surface area contributed by atoms with Crippen molar-refractivity contribution in [3.8, 4) is 5.75 Å². The first-order chi connectivity index (χ1) is 6.59. The summed E-state index contributed by atoms with van der Waals surface area (Å²) in [5.74, 6) is 0.181. The molecule has 5 heteroatoms. The minimum Gasteiger partial charge on any atom is -0.507 e. The molecule has 4 nitrogen and oxygen atoms in total. The first-order valence-corrected chi connectivity index (χ1v) is 4.83. The lowest BCUT2D eigenvalue weighted by Gasteiger charge is -2.03. The van der Waals surface area contributed by atoms with Crippen LogP contribution in [0.15, 0.2) is 22.7 Å². The molecular formula is C9H10BrNO3. The molecule has 0 aliphatic rings. The fraction of sp³-hybridized carbons (Fsp3) is 0.222. The Hall–Kier alpha value is -1.23. The summed E-state index contributed by atoms with van der Waals surface area (Å²) in [6.07, 6.45) is -0.423. The molecule has 0 atom stereocenters. The van der Waals surface area contributed by atoms with Crippen molar-refractivity contribution >= 4 is 22.0 Å². The van der Waals surface area contributed by atoms with Crippen LogP contribution >= 0.6 is 15.9 Å². The molecule has 0 saturated heterocycles. The standard InChI is InChI=1S/C9H10BrNO3/c10-7-5-6(1-2-8(7)12)3-4-11-9(13)14/h1-2,5,11-12H,3-4H2,(H,13,14). The topological polar surface area (TPSA) is 69.6 Å². The Labute approximate surface area is 89.7 Å². The van der Waals surface area contributed by atoms with Crippen LogP contribution in [0.1, 0.15) is 5.56 Å². The summed E-state index contributed by atoms with van der Waals surface area (Å²) in [4.78, 5) is 10.2. The van der Waals surface area contributed by atoms with E-state index in [9.17, 15) is 9.90 Å². The molecule has 1 rings (SSSR count). The third kappa shape index (κ3) is 3.26. The molecule has 0 aliphatic carbocycles. The second-order valence-electron chi connectivity index (χ2n) is 2.77. The van der Waals surface area contributed by atoms with Crippen molar-refractivity contribution < 1.29 is 15.0 Å². The Morgan fingerprint density at radius 1 is 1.50 bits per heavy atom. The molecule has 1 aromatic rings. The number of carbonyl (C=O) groups is 1. The SMILES string of the molecule is O=C(O)NCCc1ccc(O)c(Br)c1. The number of rotatable bonds is 3. The third-order valence-corrected chi connectivity index (χ3v) is 2.34. The van der Waals surface area contributed by atoms with Crippen molar-refractivity contribution in [3.63, 3.8) is 0 Å². The van der Waals surface area contributed by atoms with Crippen molar-refractivity contribution in [2.24, 2.45) is 0 Å². The molecule has 0 spiro atoms. The fourth-order valence-electron chi connectivity index (χ4n) is 1.02. The third-order valence-electron chi connectivity index (χ3n) is 1.70. The van der Waals surface area contributed by atoms with Crippen LogP contribution in [-0.2, 0) is 6.42 Å². The zero-order chi connectivity index (χ0) is 10.6. The number of nitrogens with one attached hydrogen (secondary N) is 1. The van der Waals surface area contributed by atoms with Gasteiger partial charge in [0.05, 0.1) is 4.47 Å². The van der Waals surface area contributed by atoms with Gasteiger partial charge in [0.25, 0.3) is 0 Å². The van der Waals surface area contributed by atoms with E-state index in [0.717, 1.165) is 5.56 Å². The highest BCUT2D eigenvalue weighted by Crippen LogP contribution is 2.24. The van der Waals surface area contributed by atoms with Gasteiger partial charge >= 0.3 is 6.09 Å². The van der Waals surface area contributed by atoms with Gasteiger partial charge in [0.15, 0.2) is 0 Å². The summed E-state index contributed by atoms with van der Waals surface area (Å²) in [7, 11) is 0. The van der Waals surface area contributed by atoms with Gasteiger partial charge in [-0.25, -0.2) is 4.79 Å². The number of phenols is 1. The zero-order valence-electron chi connectivity index (χ0n) is 7.33. The van der Waals surface area contributed by atoms with E-state index in [4.69, 9.17) is 5.11 Å². The Bertz CT molecular complexity index is 341. The van der Waals surface area contributed by atoms with Gasteiger partial charge in [-0.05, 0) is 40.0 Å². The maximum absolute atomic E-state index is 10.2. The number of amides is 1. The second kappa shape index (κ2) is 4.85. The monoisotopic (exact) mass is 259 g/mol. The van der Waals surface area contributed by atoms with Crippen molar-refractivity contribution in [2.75, 3.05) is 6.54 Å². The molecule has 0 bridgehead atoms. The van der Waals surface area contributed by atoms with Crippen molar-refractivity contribution in [1.82, 2.24) is 5.32 Å². The molecular weight excluding hydrogens is 250 g/mol. The predicted octanol–water partition coefficient (Wildman–Crippen LogP) is 1.96. The molecule has 76 valence electrons. The van der Waals surface area contributed by atoms with Gasteiger partial charge in [0, 0.05) is 6.54 Å². The van der Waals surface area contributed by atoms with Gasteiger partial charge in [-0.1, -0.05) is 6.07 Å². The first kappa shape index (κ1) is 10.8. The smallest absolute Gasteiger partial charge is 0.404 e. The van der Waals surface area contributed by atoms with Crippen LogP contribution < -0.4 is 5.32 Å². The van der Waals surface area contributed by atoms with Crippen LogP contribution in [0.2, 0.25) is 0 Å². The lowest BCUT2D eigenvalue weighted by atomic mass is 10.1. The van der Waals surface area contributed by atoms with Crippen LogP contribution in [0, 0.1) is 0 Å². The Morgan fingerprint density at radius 2 is 2.21 bits per heavy atom. The molecule has 0 aromatic heterocycles. The quantitative estimate of drug-likeness (QED) is 0.778. The van der Waals surface area contributed by atoms with Gasteiger partial charge in [-0.3, -0.25) is 0 Å². The highest BCUT2D eigenvalue weighted by atomic mass is 79.9. The van der Waals surface area contributed by atoms with E-state index in [1.165, 1.54) is 0 Å². The highest BCUT2D eigenvalue weighted by molar-refractivity contribution is 9.10. The maximum Gasteiger partial charge on any atom is 0.404 e. The lowest BCUT2D eigenvalue weighted by molar-refractivity contribution is 0.194. The van der Waals surface area contributed by atoms with Gasteiger partial charge in [-0.15, -0.1) is 0 Å². The summed E-state index contributed by atoms with van der Waals surface area (Å²) in [6.45, 7) is 0.368. The normalized spacial score (nSPS) is 9.79. The first-order valence-electron chi connectivity index (χ1n) is 4.04. The fourth-order valence-corrected chi connectivity index (χ4v) is 1.45. The van der Waals surface area contributed by atoms with E-state index in [-0.39, 0.29) is 5.75 Å². The average molecular weight is 260 g/mol. The predicted molar refractivity (Wildman–Crippen MR) is 55.5 cm³/mol. The van der Waals surface area contributed by atoms with E-state index in [0.29, 0.717) is 17.4 Å². The molecule has 1 amide bonds. The van der Waals surface area contributed by atoms with Crippen LogP contribution in [0.25, 0.3) is 0 Å². The van der Waals surface area contributed by atoms with Crippen molar-refractivity contribution in [3.05, 3.63) is 28.2 Å². The van der Waals surface area contributed by atoms with E-state index in [2.05, 4.69) is 21.2 Å². The highest BCUT2D eigenvalue weighted by Gasteiger charge is 2.00. The maximum atomic E-state index is 10.2. The van der Waals surface area contributed by atoms with Gasteiger partial charge in [0.2, 0.25) is 0 Å². The second-order valence-corrected chi connectivity index (χ2v) is 3.62. The minimum absolute atomic E-state index is 0.181. The van der Waals surface area contributed by atoms with Gasteiger partial charge in [-0.2, -0.15) is 0 Å². The number of hydrogen-bond donors (Lipinski definition) is 3. The number of carboxylic acid groups (broad SMARTS) is 1. The number of halogens is 1. The summed E-state index contributed by atoms with van der Waals surface area (Å²) in [6, 6.07) is 5.09. The van der Waals surface area contributed by atoms with Crippen LogP contribution in [-0.4, -0.2) is 22.9 Å². The van der Waals surface area contributed by atoms with Crippen molar-refractivity contribution in [1.29, 1.82) is 0 Å². The molecule has 3 N–H and O–H groups in total. The Kier molecular flexibility index (Phi) is 3.76. The van der Waals surface area contributed by atoms with E-state index < -0.39 is 6.09 Å². The Morgan fingerprint density at radius 3 is 2.79 bits per heavy atom. The Balaban J connectivity index is 2.51. The molecule has 0 heterocycles. The molecule has 0 radical (unpaired) electrons. The number of aromatic hydroxyl groups is 1. The van der Waals surface area contributed by atoms with E-state index in [1.807, 2.05) is 0 Å². The van der Waals surface area contributed by atoms with Gasteiger partial charge in [0.1, 0.15) is 5.75 Å². The largest absolute Gasteiger partial charge is 0.507 e. The lowest BCUT2D eigenvalue weighted by Crippen LogP contribution is -2.23. The minimum atomic E-state index is -1.03. The number of phenolic OH excluding ortho intramolecular Hbond substituents is 1. The van der Waals surface area contributed by atoms with Crippen LogP contribution in [0.4, 0.5) is 4.79 Å². The molecule has 0 saturated carbocycles. The number of hydrogen-bond acceptors (Lipinski definition) is 2. The molecule has 0 fully saturated rings. The van der Waals surface area contributed by atoms with Crippen LogP contribution in [0.3, 0.4) is 0 Å². The summed E-state index contributed by atoms with van der Waals surface area (Å²) in [5.41, 5.74) is 0.962. The summed E-state index contributed by atoms with van der Waals surface area (Å²) >= 11 is 3.18. The van der Waals surface area contributed by atoms with E-state index in [1.54, 1.807) is 18.2 Å². The van der Waals surface area contributed by atoms with Crippen molar-refractivity contribution in [2.45, 2.75) is 6.42 Å². The number of benzene rings is 1. The molecule has 14 heavy (non-hydrogen) atoms. The van der Waals surface area contributed by atoms with Crippen LogP contribution in [0.5, 0.6) is 5.75 Å².